The lowest BCUT2D eigenvalue weighted by Gasteiger charge is -2.07. The number of benzene rings is 1. The smallest absolute Gasteiger partial charge is 0.305 e. The SMILES string of the molecule is CCC(=O)OC(C)C.Cc1ccc(O)cc1.Cc1ncc(CO)c(CO)c1O.NPO. The highest BCUT2D eigenvalue weighted by molar-refractivity contribution is 7.27. The quantitative estimate of drug-likeness (QED) is 0.298. The van der Waals surface area contributed by atoms with E-state index in [1.165, 1.54) is 11.8 Å². The summed E-state index contributed by atoms with van der Waals surface area (Å²) in [5.74, 6) is 0.166. The van der Waals surface area contributed by atoms with E-state index < -0.39 is 8.96 Å². The van der Waals surface area contributed by atoms with Crippen LogP contribution in [-0.2, 0) is 22.7 Å². The molecular formula is C21H35N2O7P. The number of hydrogen-bond donors (Lipinski definition) is 6. The molecule has 2 aromatic rings. The van der Waals surface area contributed by atoms with Crippen LogP contribution < -0.4 is 5.50 Å². The Hall–Kier alpha value is -2.29. The fourth-order valence-corrected chi connectivity index (χ4v) is 1.89. The van der Waals surface area contributed by atoms with Crippen molar-refractivity contribution in [2.45, 2.75) is 60.4 Å². The van der Waals surface area contributed by atoms with Gasteiger partial charge in [-0.3, -0.25) is 15.3 Å². The molecular weight excluding hydrogens is 423 g/mol. The summed E-state index contributed by atoms with van der Waals surface area (Å²) in [7, 11) is -0.417. The summed E-state index contributed by atoms with van der Waals surface area (Å²) in [6.45, 7) is 8.57. The first kappa shape index (κ1) is 30.9. The molecule has 0 radical (unpaired) electrons. The molecule has 31 heavy (non-hydrogen) atoms. The maximum absolute atomic E-state index is 10.4. The predicted molar refractivity (Wildman–Crippen MR) is 122 cm³/mol. The van der Waals surface area contributed by atoms with Crippen LogP contribution in [0.3, 0.4) is 0 Å². The molecule has 7 N–H and O–H groups in total. The zero-order valence-electron chi connectivity index (χ0n) is 18.7. The van der Waals surface area contributed by atoms with Crippen molar-refractivity contribution < 1.29 is 34.9 Å². The molecule has 176 valence electrons. The number of ether oxygens (including phenoxy) is 1. The molecule has 0 amide bonds. The van der Waals surface area contributed by atoms with Gasteiger partial charge >= 0.3 is 5.97 Å². The number of aromatic nitrogens is 1. The molecule has 0 saturated carbocycles. The number of rotatable bonds is 4. The van der Waals surface area contributed by atoms with Gasteiger partial charge in [0.2, 0.25) is 0 Å². The van der Waals surface area contributed by atoms with Gasteiger partial charge in [0.15, 0.2) is 0 Å². The summed E-state index contributed by atoms with van der Waals surface area (Å²) in [6.07, 6.45) is 1.95. The molecule has 1 atom stereocenters. The van der Waals surface area contributed by atoms with Crippen molar-refractivity contribution in [3.05, 3.63) is 52.8 Å². The molecule has 1 aromatic carbocycles. The minimum absolute atomic E-state index is 0.0300. The average Bonchev–Trinajstić information content (AvgIpc) is 2.73. The van der Waals surface area contributed by atoms with E-state index in [1.807, 2.05) is 32.9 Å². The van der Waals surface area contributed by atoms with Crippen molar-refractivity contribution >= 4 is 14.9 Å². The third-order valence-corrected chi connectivity index (χ3v) is 3.45. The average molecular weight is 458 g/mol. The Bertz CT molecular complexity index is 720. The van der Waals surface area contributed by atoms with Gasteiger partial charge in [-0.2, -0.15) is 0 Å². The second-order valence-electron chi connectivity index (χ2n) is 6.37. The topological polar surface area (TPSA) is 166 Å². The molecule has 1 unspecified atom stereocenters. The lowest BCUT2D eigenvalue weighted by atomic mass is 10.1. The Kier molecular flexibility index (Phi) is 18.4. The Balaban J connectivity index is 0. The first-order chi connectivity index (χ1) is 14.6. The van der Waals surface area contributed by atoms with Gasteiger partial charge in [0.05, 0.1) is 34.0 Å². The zero-order chi connectivity index (χ0) is 24.4. The van der Waals surface area contributed by atoms with Gasteiger partial charge in [0.1, 0.15) is 11.5 Å². The van der Waals surface area contributed by atoms with Gasteiger partial charge in [0, 0.05) is 23.7 Å². The van der Waals surface area contributed by atoms with Crippen molar-refractivity contribution in [2.75, 3.05) is 0 Å². The van der Waals surface area contributed by atoms with E-state index in [-0.39, 0.29) is 31.0 Å². The highest BCUT2D eigenvalue weighted by Gasteiger charge is 2.09. The number of aryl methyl sites for hydroxylation is 2. The van der Waals surface area contributed by atoms with Crippen molar-refractivity contribution in [1.82, 2.24) is 4.98 Å². The molecule has 2 rings (SSSR count). The van der Waals surface area contributed by atoms with E-state index >= 15 is 0 Å². The number of nitrogens with zero attached hydrogens (tertiary/aromatic N) is 1. The summed E-state index contributed by atoms with van der Waals surface area (Å²) in [6, 6.07) is 7.09. The van der Waals surface area contributed by atoms with Gasteiger partial charge in [-0.1, -0.05) is 24.6 Å². The molecule has 1 heterocycles. The number of phenols is 1. The van der Waals surface area contributed by atoms with Gasteiger partial charge in [0.25, 0.3) is 0 Å². The van der Waals surface area contributed by atoms with Crippen LogP contribution in [0.25, 0.3) is 0 Å². The third-order valence-electron chi connectivity index (χ3n) is 3.45. The number of hydrogen-bond acceptors (Lipinski definition) is 9. The number of carbonyl (C=O) groups excluding carboxylic acids is 1. The molecule has 10 heteroatoms. The summed E-state index contributed by atoms with van der Waals surface area (Å²) in [4.78, 5) is 21.6. The molecule has 0 aliphatic rings. The predicted octanol–water partition coefficient (Wildman–Crippen LogP) is 2.57. The van der Waals surface area contributed by atoms with Crippen molar-refractivity contribution in [3.8, 4) is 11.5 Å². The molecule has 0 spiro atoms. The van der Waals surface area contributed by atoms with E-state index in [2.05, 4.69) is 10.5 Å². The van der Waals surface area contributed by atoms with Crippen LogP contribution in [0.15, 0.2) is 30.5 Å². The van der Waals surface area contributed by atoms with Crippen molar-refractivity contribution in [2.24, 2.45) is 5.50 Å². The molecule has 0 bridgehead atoms. The lowest BCUT2D eigenvalue weighted by molar-refractivity contribution is -0.146. The Morgan fingerprint density at radius 3 is 1.97 bits per heavy atom. The van der Waals surface area contributed by atoms with Gasteiger partial charge in [-0.15, -0.1) is 0 Å². The lowest BCUT2D eigenvalue weighted by Crippen LogP contribution is -2.09. The largest absolute Gasteiger partial charge is 0.508 e. The maximum Gasteiger partial charge on any atom is 0.305 e. The number of aliphatic hydroxyl groups is 2. The molecule has 9 nitrogen and oxygen atoms in total. The van der Waals surface area contributed by atoms with Crippen molar-refractivity contribution in [3.63, 3.8) is 0 Å². The van der Waals surface area contributed by atoms with Crippen LogP contribution in [0, 0.1) is 13.8 Å². The summed E-state index contributed by atoms with van der Waals surface area (Å²) in [5.41, 5.74) is 6.87. The zero-order valence-corrected chi connectivity index (χ0v) is 19.7. The number of aromatic hydroxyl groups is 2. The molecule has 0 fully saturated rings. The van der Waals surface area contributed by atoms with Crippen LogP contribution >= 0.6 is 8.96 Å². The molecule has 0 aliphatic carbocycles. The number of pyridine rings is 1. The van der Waals surface area contributed by atoms with E-state index in [4.69, 9.17) is 24.9 Å². The van der Waals surface area contributed by atoms with Crippen LogP contribution in [0.2, 0.25) is 0 Å². The van der Waals surface area contributed by atoms with Crippen LogP contribution in [0.4, 0.5) is 0 Å². The summed E-state index contributed by atoms with van der Waals surface area (Å²) >= 11 is 0. The minimum Gasteiger partial charge on any atom is -0.508 e. The fourth-order valence-electron chi connectivity index (χ4n) is 1.89. The van der Waals surface area contributed by atoms with Crippen LogP contribution in [0.5, 0.6) is 11.5 Å². The van der Waals surface area contributed by atoms with Gasteiger partial charge < -0.3 is 30.1 Å². The minimum atomic E-state index is -0.417. The highest BCUT2D eigenvalue weighted by atomic mass is 31.1. The number of aliphatic hydroxyl groups excluding tert-OH is 2. The third kappa shape index (κ3) is 15.2. The molecule has 0 saturated heterocycles. The number of esters is 1. The second-order valence-corrected chi connectivity index (χ2v) is 6.63. The van der Waals surface area contributed by atoms with Crippen LogP contribution in [-0.4, -0.2) is 42.4 Å². The second kappa shape index (κ2) is 18.5. The van der Waals surface area contributed by atoms with E-state index in [0.29, 0.717) is 29.0 Å². The summed E-state index contributed by atoms with van der Waals surface area (Å²) in [5, 5.41) is 35.8. The normalized spacial score (nSPS) is 9.74. The number of phenolic OH excluding ortho intramolecular Hbond substituents is 1. The Morgan fingerprint density at radius 1 is 1.13 bits per heavy atom. The fraction of sp³-hybridized carbons (Fsp3) is 0.429. The Labute approximate surface area is 185 Å². The number of carbonyl (C=O) groups is 1. The first-order valence-electron chi connectivity index (χ1n) is 9.50. The molecule has 0 aliphatic heterocycles. The van der Waals surface area contributed by atoms with Gasteiger partial charge in [-0.25, -0.2) is 0 Å². The highest BCUT2D eigenvalue weighted by Crippen LogP contribution is 2.23. The maximum atomic E-state index is 10.4. The van der Waals surface area contributed by atoms with Gasteiger partial charge in [-0.05, 0) is 39.8 Å². The number of nitrogens with two attached hydrogens (primary N) is 1. The van der Waals surface area contributed by atoms with E-state index in [0.717, 1.165) is 0 Å². The first-order valence-corrected chi connectivity index (χ1v) is 10.5. The Morgan fingerprint density at radius 2 is 1.65 bits per heavy atom. The van der Waals surface area contributed by atoms with Crippen LogP contribution in [0.1, 0.15) is 49.6 Å². The van der Waals surface area contributed by atoms with E-state index in [9.17, 15) is 9.90 Å². The molecule has 1 aromatic heterocycles. The summed E-state index contributed by atoms with van der Waals surface area (Å²) < 4.78 is 4.76. The monoisotopic (exact) mass is 458 g/mol. The van der Waals surface area contributed by atoms with E-state index in [1.54, 1.807) is 26.0 Å². The standard InChI is InChI=1S/C8H11NO3.C7H8O.C6H12O2.H4NOP/c1-5-8(12)7(4-11)6(3-10)2-9-5;1-6-2-4-7(8)5-3-6;1-4-6(7)8-5(2)3;1-3-2/h2,10-12H,3-4H2,1H3;2-5,8H,1H3;5H,4H2,1-3H3;2-3H,1H2. The van der Waals surface area contributed by atoms with Crippen molar-refractivity contribution in [1.29, 1.82) is 0 Å².